The second-order valence-corrected chi connectivity index (χ2v) is 5.39. The average molecular weight is 314 g/mol. The van der Waals surface area contributed by atoms with Gasteiger partial charge in [0.25, 0.3) is 0 Å². The Balaban J connectivity index is 1.94. The smallest absolute Gasteiger partial charge is 0.169 e. The topological polar surface area (TPSA) is 32.9 Å². The summed E-state index contributed by atoms with van der Waals surface area (Å²) >= 11 is 3.43. The van der Waals surface area contributed by atoms with Crippen molar-refractivity contribution in [2.45, 2.75) is 6.42 Å². The molecular formula is C16H12BrNO. The molecule has 1 heterocycles. The van der Waals surface area contributed by atoms with Crippen LogP contribution in [0.1, 0.15) is 15.9 Å². The Morgan fingerprint density at radius 3 is 2.68 bits per heavy atom. The van der Waals surface area contributed by atoms with Crippen LogP contribution in [0.3, 0.4) is 0 Å². The molecule has 0 aliphatic rings. The summed E-state index contributed by atoms with van der Waals surface area (Å²) < 4.78 is 1.00. The molecule has 0 unspecified atom stereocenters. The highest BCUT2D eigenvalue weighted by molar-refractivity contribution is 9.10. The van der Waals surface area contributed by atoms with E-state index in [1.165, 1.54) is 0 Å². The summed E-state index contributed by atoms with van der Waals surface area (Å²) in [6, 6.07) is 15.7. The lowest BCUT2D eigenvalue weighted by Gasteiger charge is -2.00. The van der Waals surface area contributed by atoms with E-state index in [9.17, 15) is 4.79 Å². The summed E-state index contributed by atoms with van der Waals surface area (Å²) in [5.41, 5.74) is 2.77. The van der Waals surface area contributed by atoms with Gasteiger partial charge in [0.1, 0.15) is 0 Å². The van der Waals surface area contributed by atoms with Crippen LogP contribution in [0.5, 0.6) is 0 Å². The molecule has 3 aromatic rings. The SMILES string of the molecule is O=C(Cc1ccccc1)c1c[nH]c2cc(Br)ccc12. The molecule has 2 nitrogen and oxygen atoms in total. The minimum atomic E-state index is 0.139. The van der Waals surface area contributed by atoms with E-state index >= 15 is 0 Å². The first kappa shape index (κ1) is 12.2. The molecule has 2 aromatic carbocycles. The number of halogens is 1. The zero-order chi connectivity index (χ0) is 13.2. The van der Waals surface area contributed by atoms with Crippen LogP contribution in [0.25, 0.3) is 10.9 Å². The van der Waals surface area contributed by atoms with Crippen molar-refractivity contribution in [3.63, 3.8) is 0 Å². The van der Waals surface area contributed by atoms with Crippen molar-refractivity contribution in [3.8, 4) is 0 Å². The first-order valence-corrected chi connectivity index (χ1v) is 6.87. The van der Waals surface area contributed by atoms with Crippen molar-refractivity contribution < 1.29 is 4.79 Å². The molecule has 3 rings (SSSR count). The molecule has 1 aromatic heterocycles. The number of benzene rings is 2. The quantitative estimate of drug-likeness (QED) is 0.716. The van der Waals surface area contributed by atoms with Gasteiger partial charge in [0.15, 0.2) is 5.78 Å². The van der Waals surface area contributed by atoms with Crippen LogP contribution in [0.15, 0.2) is 59.2 Å². The Labute approximate surface area is 119 Å². The van der Waals surface area contributed by atoms with E-state index in [0.717, 1.165) is 26.5 Å². The van der Waals surface area contributed by atoms with Gasteiger partial charge in [-0.15, -0.1) is 0 Å². The van der Waals surface area contributed by atoms with Gasteiger partial charge in [0.05, 0.1) is 0 Å². The summed E-state index contributed by atoms with van der Waals surface area (Å²) in [6.45, 7) is 0. The molecule has 19 heavy (non-hydrogen) atoms. The van der Waals surface area contributed by atoms with Crippen molar-refractivity contribution >= 4 is 32.6 Å². The van der Waals surface area contributed by atoms with E-state index in [1.54, 1.807) is 6.20 Å². The Bertz CT molecular complexity index is 731. The highest BCUT2D eigenvalue weighted by Crippen LogP contribution is 2.23. The molecule has 0 saturated carbocycles. The highest BCUT2D eigenvalue weighted by Gasteiger charge is 2.12. The molecular weight excluding hydrogens is 302 g/mol. The second-order valence-electron chi connectivity index (χ2n) is 4.48. The Kier molecular flexibility index (Phi) is 3.22. The zero-order valence-electron chi connectivity index (χ0n) is 10.2. The van der Waals surface area contributed by atoms with Gasteiger partial charge in [-0.2, -0.15) is 0 Å². The summed E-state index contributed by atoms with van der Waals surface area (Å²) in [5.74, 6) is 0.139. The van der Waals surface area contributed by atoms with Gasteiger partial charge < -0.3 is 4.98 Å². The molecule has 0 bridgehead atoms. The van der Waals surface area contributed by atoms with Crippen molar-refractivity contribution in [3.05, 3.63) is 70.3 Å². The number of hydrogen-bond donors (Lipinski definition) is 1. The largest absolute Gasteiger partial charge is 0.360 e. The fourth-order valence-corrected chi connectivity index (χ4v) is 2.57. The van der Waals surface area contributed by atoms with E-state index in [1.807, 2.05) is 48.5 Å². The number of carbonyl (C=O) groups excluding carboxylic acids is 1. The minimum Gasteiger partial charge on any atom is -0.360 e. The summed E-state index contributed by atoms with van der Waals surface area (Å²) in [6.07, 6.45) is 2.23. The number of Topliss-reactive ketones (excluding diaryl/α,β-unsaturated/α-hetero) is 1. The number of carbonyl (C=O) groups is 1. The molecule has 0 radical (unpaired) electrons. The minimum absolute atomic E-state index is 0.139. The van der Waals surface area contributed by atoms with Crippen LogP contribution < -0.4 is 0 Å². The van der Waals surface area contributed by atoms with Gasteiger partial charge in [-0.05, 0) is 17.7 Å². The fourth-order valence-electron chi connectivity index (χ4n) is 2.21. The predicted molar refractivity (Wildman–Crippen MR) is 80.5 cm³/mol. The summed E-state index contributed by atoms with van der Waals surface area (Å²) in [7, 11) is 0. The third kappa shape index (κ3) is 2.47. The zero-order valence-corrected chi connectivity index (χ0v) is 11.8. The number of ketones is 1. The number of hydrogen-bond acceptors (Lipinski definition) is 1. The maximum atomic E-state index is 12.3. The lowest BCUT2D eigenvalue weighted by Crippen LogP contribution is -2.02. The third-order valence-electron chi connectivity index (χ3n) is 3.15. The Morgan fingerprint density at radius 1 is 1.11 bits per heavy atom. The highest BCUT2D eigenvalue weighted by atomic mass is 79.9. The van der Waals surface area contributed by atoms with Crippen LogP contribution in [-0.4, -0.2) is 10.8 Å². The number of rotatable bonds is 3. The van der Waals surface area contributed by atoms with Gasteiger partial charge in [0.2, 0.25) is 0 Å². The second kappa shape index (κ2) is 5.02. The molecule has 3 heteroatoms. The first-order chi connectivity index (χ1) is 9.24. The number of fused-ring (bicyclic) bond motifs is 1. The average Bonchev–Trinajstić information content (AvgIpc) is 2.82. The maximum absolute atomic E-state index is 12.3. The molecule has 94 valence electrons. The number of aromatic nitrogens is 1. The third-order valence-corrected chi connectivity index (χ3v) is 3.64. The van der Waals surface area contributed by atoms with Crippen LogP contribution >= 0.6 is 15.9 Å². The molecule has 0 spiro atoms. The van der Waals surface area contributed by atoms with Gasteiger partial charge in [-0.25, -0.2) is 0 Å². The van der Waals surface area contributed by atoms with Crippen molar-refractivity contribution in [1.82, 2.24) is 4.98 Å². The van der Waals surface area contributed by atoms with E-state index < -0.39 is 0 Å². The van der Waals surface area contributed by atoms with Crippen LogP contribution in [0.2, 0.25) is 0 Å². The van der Waals surface area contributed by atoms with E-state index in [2.05, 4.69) is 20.9 Å². The fraction of sp³-hybridized carbons (Fsp3) is 0.0625. The van der Waals surface area contributed by atoms with Crippen molar-refractivity contribution in [1.29, 1.82) is 0 Å². The van der Waals surface area contributed by atoms with Gasteiger partial charge in [0, 0.05) is 33.6 Å². The van der Waals surface area contributed by atoms with E-state index in [-0.39, 0.29) is 5.78 Å². The van der Waals surface area contributed by atoms with Crippen LogP contribution in [0.4, 0.5) is 0 Å². The normalized spacial score (nSPS) is 10.8. The molecule has 0 aliphatic heterocycles. The predicted octanol–water partition coefficient (Wildman–Crippen LogP) is 4.36. The molecule has 0 fully saturated rings. The Morgan fingerprint density at radius 2 is 1.89 bits per heavy atom. The monoisotopic (exact) mass is 313 g/mol. The van der Waals surface area contributed by atoms with Gasteiger partial charge in [-0.3, -0.25) is 4.79 Å². The maximum Gasteiger partial charge on any atom is 0.169 e. The van der Waals surface area contributed by atoms with Crippen molar-refractivity contribution in [2.24, 2.45) is 0 Å². The number of aromatic amines is 1. The molecule has 0 aliphatic carbocycles. The molecule has 0 atom stereocenters. The Hall–Kier alpha value is -1.87. The van der Waals surface area contributed by atoms with E-state index in [0.29, 0.717) is 6.42 Å². The summed E-state index contributed by atoms with van der Waals surface area (Å²) in [5, 5.41) is 0.976. The molecule has 0 saturated heterocycles. The number of nitrogens with one attached hydrogen (secondary N) is 1. The number of H-pyrrole nitrogens is 1. The van der Waals surface area contributed by atoms with Crippen molar-refractivity contribution in [2.75, 3.05) is 0 Å². The molecule has 0 amide bonds. The summed E-state index contributed by atoms with van der Waals surface area (Å²) in [4.78, 5) is 15.5. The van der Waals surface area contributed by atoms with Crippen LogP contribution in [-0.2, 0) is 6.42 Å². The van der Waals surface area contributed by atoms with Crippen LogP contribution in [0, 0.1) is 0 Å². The van der Waals surface area contributed by atoms with Gasteiger partial charge in [-0.1, -0.05) is 52.3 Å². The van der Waals surface area contributed by atoms with Gasteiger partial charge >= 0.3 is 0 Å². The standard InChI is InChI=1S/C16H12BrNO/c17-12-6-7-13-14(10-18-15(13)9-12)16(19)8-11-4-2-1-3-5-11/h1-7,9-10,18H,8H2. The lowest BCUT2D eigenvalue weighted by atomic mass is 10.0. The molecule has 1 N–H and O–H groups in total. The first-order valence-electron chi connectivity index (χ1n) is 6.08. The lowest BCUT2D eigenvalue weighted by molar-refractivity contribution is 0.0994. The van der Waals surface area contributed by atoms with E-state index in [4.69, 9.17) is 0 Å².